The van der Waals surface area contributed by atoms with Gasteiger partial charge in [-0.2, -0.15) is 0 Å². The summed E-state index contributed by atoms with van der Waals surface area (Å²) in [4.78, 5) is 2.29. The van der Waals surface area contributed by atoms with E-state index in [4.69, 9.17) is 9.47 Å². The molecule has 1 aromatic carbocycles. The lowest BCUT2D eigenvalue weighted by Crippen LogP contribution is -2.51. The fraction of sp³-hybridized carbons (Fsp3) is 0.600. The minimum Gasteiger partial charge on any atom is -0.497 e. The van der Waals surface area contributed by atoms with Gasteiger partial charge in [-0.15, -0.1) is 0 Å². The van der Waals surface area contributed by atoms with E-state index in [9.17, 15) is 5.11 Å². The molecule has 2 unspecified atom stereocenters. The Balaban J connectivity index is 2.29. The lowest BCUT2D eigenvalue weighted by Gasteiger charge is -2.37. The van der Waals surface area contributed by atoms with Gasteiger partial charge in [-0.05, 0) is 25.1 Å². The predicted octanol–water partition coefficient (Wildman–Crippen LogP) is 1.03. The van der Waals surface area contributed by atoms with Gasteiger partial charge in [-0.25, -0.2) is 0 Å². The van der Waals surface area contributed by atoms with Crippen LogP contribution in [0.15, 0.2) is 18.2 Å². The Hall–Kier alpha value is -1.30. The lowest BCUT2D eigenvalue weighted by molar-refractivity contribution is 0.0944. The summed E-state index contributed by atoms with van der Waals surface area (Å²) >= 11 is 0. The number of nitrogens with zero attached hydrogens (tertiary/aromatic N) is 1. The first-order valence-corrected chi connectivity index (χ1v) is 6.99. The van der Waals surface area contributed by atoms with Gasteiger partial charge >= 0.3 is 0 Å². The first-order chi connectivity index (χ1) is 9.69. The van der Waals surface area contributed by atoms with Crippen molar-refractivity contribution in [2.75, 3.05) is 40.5 Å². The fourth-order valence-electron chi connectivity index (χ4n) is 2.76. The van der Waals surface area contributed by atoms with Gasteiger partial charge in [0.05, 0.1) is 26.9 Å². The Morgan fingerprint density at radius 1 is 1.40 bits per heavy atom. The zero-order chi connectivity index (χ0) is 14.5. The van der Waals surface area contributed by atoms with Crippen LogP contribution in [0.25, 0.3) is 0 Å². The van der Waals surface area contributed by atoms with Gasteiger partial charge in [0.1, 0.15) is 11.5 Å². The van der Waals surface area contributed by atoms with Crippen LogP contribution in [0.5, 0.6) is 11.5 Å². The van der Waals surface area contributed by atoms with Crippen LogP contribution in [-0.2, 0) is 0 Å². The van der Waals surface area contributed by atoms with E-state index in [0.717, 1.165) is 36.7 Å². The average molecular weight is 280 g/mol. The van der Waals surface area contributed by atoms with Gasteiger partial charge in [-0.3, -0.25) is 4.90 Å². The van der Waals surface area contributed by atoms with Gasteiger partial charge in [0.25, 0.3) is 0 Å². The Morgan fingerprint density at radius 3 is 2.80 bits per heavy atom. The number of hydrogen-bond donors (Lipinski definition) is 2. The molecule has 1 aliphatic rings. The van der Waals surface area contributed by atoms with Gasteiger partial charge in [0.2, 0.25) is 0 Å². The van der Waals surface area contributed by atoms with Crippen LogP contribution in [0, 0.1) is 0 Å². The minimum atomic E-state index is -0.0652. The molecule has 0 bridgehead atoms. The highest BCUT2D eigenvalue weighted by atomic mass is 16.5. The molecule has 2 atom stereocenters. The van der Waals surface area contributed by atoms with Crippen molar-refractivity contribution >= 4 is 0 Å². The van der Waals surface area contributed by atoms with E-state index < -0.39 is 0 Å². The van der Waals surface area contributed by atoms with Crippen LogP contribution in [-0.4, -0.2) is 56.5 Å². The molecule has 0 aromatic heterocycles. The van der Waals surface area contributed by atoms with Crippen LogP contribution in [0.2, 0.25) is 0 Å². The second kappa shape index (κ2) is 6.92. The number of ether oxygens (including phenoxy) is 2. The Bertz CT molecular complexity index is 439. The molecule has 2 N–H and O–H groups in total. The number of aliphatic hydroxyl groups is 1. The number of piperazine rings is 1. The lowest BCUT2D eigenvalue weighted by atomic mass is 10.0. The van der Waals surface area contributed by atoms with Gasteiger partial charge in [0, 0.05) is 31.2 Å². The number of benzene rings is 1. The SMILES string of the molecule is COc1ccc(OC)c(C(CO)N2CCNC(C)C2)c1. The molecule has 5 heteroatoms. The van der Waals surface area contributed by atoms with E-state index in [1.807, 2.05) is 18.2 Å². The summed E-state index contributed by atoms with van der Waals surface area (Å²) in [6, 6.07) is 6.07. The molecule has 0 saturated carbocycles. The van der Waals surface area contributed by atoms with Crippen LogP contribution < -0.4 is 14.8 Å². The zero-order valence-corrected chi connectivity index (χ0v) is 12.4. The molecule has 1 heterocycles. The standard InChI is InChI=1S/C15H24N2O3/c1-11-9-17(7-6-16-11)14(10-18)13-8-12(19-2)4-5-15(13)20-3/h4-5,8,11,14,16,18H,6-7,9-10H2,1-3H3. The fourth-order valence-corrected chi connectivity index (χ4v) is 2.76. The van der Waals surface area contributed by atoms with E-state index in [0.29, 0.717) is 6.04 Å². The third-order valence-electron chi connectivity index (χ3n) is 3.81. The molecule has 1 fully saturated rings. The van der Waals surface area contributed by atoms with Crippen molar-refractivity contribution in [3.05, 3.63) is 23.8 Å². The van der Waals surface area contributed by atoms with E-state index in [-0.39, 0.29) is 12.6 Å². The summed E-state index contributed by atoms with van der Waals surface area (Å²) in [6.45, 7) is 4.98. The molecule has 1 saturated heterocycles. The normalized spacial score (nSPS) is 21.5. The van der Waals surface area contributed by atoms with Crippen molar-refractivity contribution in [3.8, 4) is 11.5 Å². The molecular formula is C15H24N2O3. The number of hydrogen-bond acceptors (Lipinski definition) is 5. The third kappa shape index (κ3) is 3.23. The molecule has 5 nitrogen and oxygen atoms in total. The van der Waals surface area contributed by atoms with Gasteiger partial charge < -0.3 is 19.9 Å². The molecule has 20 heavy (non-hydrogen) atoms. The van der Waals surface area contributed by atoms with Crippen LogP contribution in [0.4, 0.5) is 0 Å². The minimum absolute atomic E-state index is 0.0652. The summed E-state index contributed by atoms with van der Waals surface area (Å²) in [7, 11) is 3.30. The topological polar surface area (TPSA) is 54.0 Å². The van der Waals surface area contributed by atoms with Crippen molar-refractivity contribution in [3.63, 3.8) is 0 Å². The van der Waals surface area contributed by atoms with Crippen molar-refractivity contribution < 1.29 is 14.6 Å². The van der Waals surface area contributed by atoms with Crippen molar-refractivity contribution in [1.29, 1.82) is 0 Å². The molecule has 0 amide bonds. The van der Waals surface area contributed by atoms with Gasteiger partial charge in [0.15, 0.2) is 0 Å². The van der Waals surface area contributed by atoms with Crippen LogP contribution >= 0.6 is 0 Å². The number of nitrogens with one attached hydrogen (secondary N) is 1. The summed E-state index contributed by atoms with van der Waals surface area (Å²) in [5, 5.41) is 13.3. The molecule has 0 radical (unpaired) electrons. The Kier molecular flexibility index (Phi) is 5.23. The third-order valence-corrected chi connectivity index (χ3v) is 3.81. The summed E-state index contributed by atoms with van der Waals surface area (Å²) in [5.41, 5.74) is 0.975. The number of aliphatic hydroxyl groups excluding tert-OH is 1. The van der Waals surface area contributed by atoms with Crippen LogP contribution in [0.3, 0.4) is 0 Å². The van der Waals surface area contributed by atoms with E-state index >= 15 is 0 Å². The van der Waals surface area contributed by atoms with Crippen molar-refractivity contribution in [1.82, 2.24) is 10.2 Å². The smallest absolute Gasteiger partial charge is 0.124 e. The van der Waals surface area contributed by atoms with Crippen molar-refractivity contribution in [2.24, 2.45) is 0 Å². The predicted molar refractivity (Wildman–Crippen MR) is 78.4 cm³/mol. The van der Waals surface area contributed by atoms with Crippen molar-refractivity contribution in [2.45, 2.75) is 19.0 Å². The zero-order valence-electron chi connectivity index (χ0n) is 12.4. The monoisotopic (exact) mass is 280 g/mol. The Morgan fingerprint density at radius 2 is 2.20 bits per heavy atom. The molecular weight excluding hydrogens is 256 g/mol. The van der Waals surface area contributed by atoms with E-state index in [1.165, 1.54) is 0 Å². The quantitative estimate of drug-likeness (QED) is 0.844. The highest BCUT2D eigenvalue weighted by Crippen LogP contribution is 2.32. The maximum atomic E-state index is 9.84. The summed E-state index contributed by atoms with van der Waals surface area (Å²) < 4.78 is 10.7. The number of rotatable bonds is 5. The van der Waals surface area contributed by atoms with E-state index in [2.05, 4.69) is 17.1 Å². The largest absolute Gasteiger partial charge is 0.497 e. The first kappa shape index (κ1) is 15.1. The molecule has 1 aliphatic heterocycles. The Labute approximate surface area is 120 Å². The van der Waals surface area contributed by atoms with Gasteiger partial charge in [-0.1, -0.05) is 0 Å². The molecule has 2 rings (SSSR count). The molecule has 0 spiro atoms. The first-order valence-electron chi connectivity index (χ1n) is 6.99. The molecule has 112 valence electrons. The highest BCUT2D eigenvalue weighted by Gasteiger charge is 2.26. The maximum Gasteiger partial charge on any atom is 0.124 e. The molecule has 1 aromatic rings. The second-order valence-corrected chi connectivity index (χ2v) is 5.16. The second-order valence-electron chi connectivity index (χ2n) is 5.16. The average Bonchev–Trinajstić information content (AvgIpc) is 2.48. The summed E-state index contributed by atoms with van der Waals surface area (Å²) in [5.74, 6) is 1.57. The summed E-state index contributed by atoms with van der Waals surface area (Å²) in [6.07, 6.45) is 0. The molecule has 0 aliphatic carbocycles. The van der Waals surface area contributed by atoms with E-state index in [1.54, 1.807) is 14.2 Å². The number of methoxy groups -OCH3 is 2. The van der Waals surface area contributed by atoms with Crippen LogP contribution in [0.1, 0.15) is 18.5 Å². The highest BCUT2D eigenvalue weighted by molar-refractivity contribution is 5.42. The maximum absolute atomic E-state index is 9.84.